The van der Waals surface area contributed by atoms with E-state index in [1.165, 1.54) is 0 Å². The van der Waals surface area contributed by atoms with Crippen LogP contribution in [0.4, 0.5) is 0 Å². The van der Waals surface area contributed by atoms with Crippen molar-refractivity contribution in [2.45, 2.75) is 83.6 Å². The van der Waals surface area contributed by atoms with Gasteiger partial charge in [-0.25, -0.2) is 0 Å². The Morgan fingerprint density at radius 3 is 1.40 bits per heavy atom. The van der Waals surface area contributed by atoms with Crippen LogP contribution in [0, 0.1) is 0 Å². The molecule has 7 heteroatoms. The molecule has 182 valence electrons. The van der Waals surface area contributed by atoms with Crippen LogP contribution < -0.4 is 9.47 Å². The first-order chi connectivity index (χ1) is 17.1. The zero-order chi connectivity index (χ0) is 23.7. The van der Waals surface area contributed by atoms with Crippen LogP contribution in [0.25, 0.3) is 0 Å². The SMILES string of the molecule is O=C1c2ccccc2OC2(CCCCC2)C12SSC1(S2)C(=O)c2ccccc2OC12CCCCC2. The van der Waals surface area contributed by atoms with Crippen LogP contribution in [0.1, 0.15) is 84.9 Å². The summed E-state index contributed by atoms with van der Waals surface area (Å²) in [6.07, 6.45) is 9.80. The average Bonchev–Trinajstić information content (AvgIpc) is 3.32. The van der Waals surface area contributed by atoms with Gasteiger partial charge in [0.2, 0.25) is 0 Å². The summed E-state index contributed by atoms with van der Waals surface area (Å²) < 4.78 is 12.0. The third kappa shape index (κ3) is 2.92. The van der Waals surface area contributed by atoms with Crippen LogP contribution in [0.5, 0.6) is 11.5 Å². The molecule has 7 rings (SSSR count). The number of rotatable bonds is 0. The van der Waals surface area contributed by atoms with E-state index in [4.69, 9.17) is 9.47 Å². The van der Waals surface area contributed by atoms with Gasteiger partial charge in [-0.2, -0.15) is 0 Å². The Morgan fingerprint density at radius 2 is 0.971 bits per heavy atom. The maximum Gasteiger partial charge on any atom is 0.197 e. The average molecular weight is 525 g/mol. The Morgan fingerprint density at radius 1 is 0.571 bits per heavy atom. The molecule has 3 fully saturated rings. The summed E-state index contributed by atoms with van der Waals surface area (Å²) in [6.45, 7) is 0. The minimum atomic E-state index is -0.873. The molecule has 35 heavy (non-hydrogen) atoms. The van der Waals surface area contributed by atoms with E-state index in [-0.39, 0.29) is 11.6 Å². The van der Waals surface area contributed by atoms with Crippen molar-refractivity contribution in [3.05, 3.63) is 59.7 Å². The molecule has 2 aromatic carbocycles. The summed E-state index contributed by atoms with van der Waals surface area (Å²) in [5.74, 6) is 1.61. The molecule has 5 aliphatic rings. The number of fused-ring (bicyclic) bond motifs is 4. The summed E-state index contributed by atoms with van der Waals surface area (Å²) in [7, 11) is 3.20. The third-order valence-corrected chi connectivity index (χ3v) is 15.3. The minimum Gasteiger partial charge on any atom is -0.484 e. The number of benzene rings is 2. The monoisotopic (exact) mass is 524 g/mol. The van der Waals surface area contributed by atoms with Gasteiger partial charge in [0.05, 0.1) is 11.1 Å². The molecule has 0 radical (unpaired) electrons. The number of para-hydroxylation sites is 2. The van der Waals surface area contributed by atoms with Crippen LogP contribution in [0.3, 0.4) is 0 Å². The molecular formula is C28H28O4S3. The zero-order valence-corrected chi connectivity index (χ0v) is 22.0. The summed E-state index contributed by atoms with van der Waals surface area (Å²) >= 11 is 1.59. The van der Waals surface area contributed by atoms with Crippen LogP contribution in [0.15, 0.2) is 48.5 Å². The number of ether oxygens (including phenoxy) is 2. The van der Waals surface area contributed by atoms with Gasteiger partial charge < -0.3 is 9.47 Å². The fourth-order valence-electron chi connectivity index (χ4n) is 6.78. The van der Waals surface area contributed by atoms with E-state index in [0.717, 1.165) is 64.2 Å². The highest BCUT2D eigenvalue weighted by Crippen LogP contribution is 2.77. The van der Waals surface area contributed by atoms with Crippen molar-refractivity contribution in [2.75, 3.05) is 0 Å². The van der Waals surface area contributed by atoms with Gasteiger partial charge in [0.1, 0.15) is 22.7 Å². The molecule has 0 bridgehead atoms. The maximum absolute atomic E-state index is 14.5. The fourth-order valence-corrected chi connectivity index (χ4v) is 14.3. The molecule has 0 amide bonds. The Hall–Kier alpha value is -1.57. The van der Waals surface area contributed by atoms with Gasteiger partial charge in [0.15, 0.2) is 19.7 Å². The highest BCUT2D eigenvalue weighted by atomic mass is 33.1. The fraction of sp³-hybridized carbons (Fsp3) is 0.500. The molecule has 0 N–H and O–H groups in total. The van der Waals surface area contributed by atoms with E-state index in [1.807, 2.05) is 48.5 Å². The number of ketones is 2. The summed E-state index contributed by atoms with van der Waals surface area (Å²) in [6, 6.07) is 15.3. The van der Waals surface area contributed by atoms with Gasteiger partial charge in [-0.1, -0.05) is 70.5 Å². The van der Waals surface area contributed by atoms with E-state index in [1.54, 1.807) is 33.3 Å². The van der Waals surface area contributed by atoms with Gasteiger partial charge in [-0.05, 0) is 75.6 Å². The second-order valence-electron chi connectivity index (χ2n) is 10.5. The Labute approximate surface area is 218 Å². The first-order valence-corrected chi connectivity index (χ1v) is 15.7. The van der Waals surface area contributed by atoms with E-state index < -0.39 is 19.4 Å². The first kappa shape index (κ1) is 22.6. The number of hydrogen-bond donors (Lipinski definition) is 0. The van der Waals surface area contributed by atoms with E-state index >= 15 is 0 Å². The maximum atomic E-state index is 14.5. The van der Waals surface area contributed by atoms with E-state index in [9.17, 15) is 9.59 Å². The van der Waals surface area contributed by atoms with Crippen molar-refractivity contribution in [1.82, 2.24) is 0 Å². The van der Waals surface area contributed by atoms with Crippen LogP contribution >= 0.6 is 33.3 Å². The van der Waals surface area contributed by atoms with Crippen molar-refractivity contribution >= 4 is 44.9 Å². The highest BCUT2D eigenvalue weighted by molar-refractivity contribution is 8.84. The predicted octanol–water partition coefficient (Wildman–Crippen LogP) is 7.46. The molecule has 3 aliphatic heterocycles. The van der Waals surface area contributed by atoms with Crippen molar-refractivity contribution in [3.8, 4) is 11.5 Å². The summed E-state index contributed by atoms with van der Waals surface area (Å²) in [4.78, 5) is 29.0. The topological polar surface area (TPSA) is 52.6 Å². The Kier molecular flexibility index (Phi) is 5.14. The number of carbonyl (C=O) groups excluding carboxylic acids is 2. The Balaban J connectivity index is 1.41. The molecule has 2 unspecified atom stereocenters. The third-order valence-electron chi connectivity index (χ3n) is 8.56. The second kappa shape index (κ2) is 7.96. The number of thioether (sulfide) groups is 1. The summed E-state index contributed by atoms with van der Waals surface area (Å²) in [5, 5.41) is 0. The number of hydrogen-bond acceptors (Lipinski definition) is 7. The predicted molar refractivity (Wildman–Crippen MR) is 143 cm³/mol. The smallest absolute Gasteiger partial charge is 0.197 e. The van der Waals surface area contributed by atoms with Crippen LogP contribution in [0.2, 0.25) is 0 Å². The minimum absolute atomic E-state index is 0.109. The molecule has 2 aromatic rings. The van der Waals surface area contributed by atoms with Gasteiger partial charge in [-0.15, -0.1) is 0 Å². The van der Waals surface area contributed by atoms with Crippen molar-refractivity contribution in [1.29, 1.82) is 0 Å². The van der Waals surface area contributed by atoms with Crippen LogP contribution in [-0.2, 0) is 0 Å². The standard InChI is InChI=1S/C28H28O4S3/c29-23-19-11-3-5-13-21(19)31-25(15-7-1-8-16-25)27(23)33-28(35-34-27)24(30)20-12-4-6-14-22(20)32-26(28)17-9-2-10-18-26/h3-6,11-14H,1-2,7-10,15-18H2. The van der Waals surface area contributed by atoms with Crippen molar-refractivity contribution in [3.63, 3.8) is 0 Å². The zero-order valence-electron chi connectivity index (χ0n) is 19.5. The van der Waals surface area contributed by atoms with Crippen molar-refractivity contribution in [2.24, 2.45) is 0 Å². The molecule has 0 aromatic heterocycles. The van der Waals surface area contributed by atoms with Crippen molar-refractivity contribution < 1.29 is 19.1 Å². The van der Waals surface area contributed by atoms with Gasteiger partial charge in [0.25, 0.3) is 0 Å². The summed E-state index contributed by atoms with van der Waals surface area (Å²) in [5.41, 5.74) is 0.0536. The lowest BCUT2D eigenvalue weighted by Crippen LogP contribution is -2.65. The molecule has 2 saturated carbocycles. The van der Waals surface area contributed by atoms with Gasteiger partial charge in [-0.3, -0.25) is 9.59 Å². The quantitative estimate of drug-likeness (QED) is 0.331. The lowest BCUT2D eigenvalue weighted by atomic mass is 9.77. The molecule has 4 nitrogen and oxygen atoms in total. The molecule has 2 atom stereocenters. The van der Waals surface area contributed by atoms with Gasteiger partial charge in [0, 0.05) is 0 Å². The lowest BCUT2D eigenvalue weighted by Gasteiger charge is -2.54. The molecule has 1 saturated heterocycles. The normalized spacial score (nSPS) is 32.3. The second-order valence-corrected chi connectivity index (χ2v) is 15.0. The Bertz CT molecular complexity index is 1120. The largest absolute Gasteiger partial charge is 0.484 e. The van der Waals surface area contributed by atoms with E-state index in [0.29, 0.717) is 22.6 Å². The highest BCUT2D eigenvalue weighted by Gasteiger charge is 2.76. The number of Topliss-reactive ketones (excluding diaryl/α,β-unsaturated/α-hetero) is 2. The molecular weight excluding hydrogens is 497 g/mol. The van der Waals surface area contributed by atoms with Crippen LogP contribution in [-0.4, -0.2) is 30.9 Å². The molecule has 4 spiro atoms. The first-order valence-electron chi connectivity index (χ1n) is 12.8. The number of carbonyl (C=O) groups is 2. The lowest BCUT2D eigenvalue weighted by molar-refractivity contribution is 0.00477. The molecule has 3 heterocycles. The molecule has 2 aliphatic carbocycles. The van der Waals surface area contributed by atoms with Gasteiger partial charge >= 0.3 is 0 Å². The van der Waals surface area contributed by atoms with E-state index in [2.05, 4.69) is 0 Å².